The van der Waals surface area contributed by atoms with Crippen LogP contribution in [-0.2, 0) is 10.5 Å². The van der Waals surface area contributed by atoms with Crippen molar-refractivity contribution in [3.8, 4) is 0 Å². The summed E-state index contributed by atoms with van der Waals surface area (Å²) in [6.45, 7) is 0. The van der Waals surface area contributed by atoms with Gasteiger partial charge in [0, 0.05) is 28.9 Å². The molecule has 6 heteroatoms. The lowest BCUT2D eigenvalue weighted by atomic mass is 9.92. The number of hydrogen-bond donors (Lipinski definition) is 1. The van der Waals surface area contributed by atoms with E-state index in [0.29, 0.717) is 16.8 Å². The van der Waals surface area contributed by atoms with Gasteiger partial charge in [0.05, 0.1) is 10.5 Å². The number of nitro groups is 1. The smallest absolute Gasteiger partial charge is 0.341 e. The van der Waals surface area contributed by atoms with Crippen LogP contribution < -0.4 is 5.32 Å². The van der Waals surface area contributed by atoms with Crippen molar-refractivity contribution in [1.29, 1.82) is 0 Å². The van der Waals surface area contributed by atoms with E-state index in [1.165, 1.54) is 12.1 Å². The Kier molecular flexibility index (Phi) is 3.65. The number of carbonyl (C=O) groups is 1. The second kappa shape index (κ2) is 6.00. The number of nitro benzene ring substituents is 1. The van der Waals surface area contributed by atoms with Crippen LogP contribution >= 0.6 is 0 Å². The molecule has 0 radical (unpaired) electrons. The van der Waals surface area contributed by atoms with Crippen molar-refractivity contribution < 1.29 is 14.5 Å². The third-order valence-electron chi connectivity index (χ3n) is 4.35. The number of nitrogens with zero attached hydrogens (tertiary/aromatic N) is 1. The monoisotopic (exact) mass is 346 g/mol. The van der Waals surface area contributed by atoms with E-state index >= 15 is 0 Å². The summed E-state index contributed by atoms with van der Waals surface area (Å²) in [6, 6.07) is 22.5. The molecule has 6 nitrogen and oxygen atoms in total. The molecule has 1 heterocycles. The van der Waals surface area contributed by atoms with Crippen molar-refractivity contribution in [2.75, 3.05) is 5.32 Å². The number of nitrogens with one attached hydrogen (secondary N) is 1. The molecule has 1 aliphatic rings. The van der Waals surface area contributed by atoms with Crippen LogP contribution in [0.1, 0.15) is 21.5 Å². The van der Waals surface area contributed by atoms with Gasteiger partial charge in [0.2, 0.25) is 5.72 Å². The molecule has 1 N–H and O–H groups in total. The van der Waals surface area contributed by atoms with E-state index < -0.39 is 16.6 Å². The molecule has 1 atom stereocenters. The maximum Gasteiger partial charge on any atom is 0.341 e. The van der Waals surface area contributed by atoms with Gasteiger partial charge in [-0.3, -0.25) is 10.1 Å². The number of cyclic esters (lactones) is 1. The van der Waals surface area contributed by atoms with E-state index in [2.05, 4.69) is 5.32 Å². The van der Waals surface area contributed by atoms with Crippen LogP contribution in [0.5, 0.6) is 0 Å². The van der Waals surface area contributed by atoms with Crippen LogP contribution in [0.15, 0.2) is 78.9 Å². The second-order valence-corrected chi connectivity index (χ2v) is 5.91. The zero-order valence-corrected chi connectivity index (χ0v) is 13.6. The van der Waals surface area contributed by atoms with Gasteiger partial charge < -0.3 is 10.1 Å². The van der Waals surface area contributed by atoms with Crippen LogP contribution in [0.2, 0.25) is 0 Å². The van der Waals surface area contributed by atoms with E-state index in [9.17, 15) is 14.9 Å². The SMILES string of the molecule is O=C1O[C@@](Nc2ccc([N+](=O)[O-])cc2)(c2ccccc2)c2ccccc21. The molecule has 3 aromatic carbocycles. The molecule has 3 aromatic rings. The fraction of sp³-hybridized carbons (Fsp3) is 0.0500. The van der Waals surface area contributed by atoms with Gasteiger partial charge >= 0.3 is 5.97 Å². The average molecular weight is 346 g/mol. The lowest BCUT2D eigenvalue weighted by Gasteiger charge is -2.31. The van der Waals surface area contributed by atoms with Gasteiger partial charge in [-0.15, -0.1) is 0 Å². The standard InChI is InChI=1S/C20H14N2O4/c23-19-17-8-4-5-9-18(17)20(26-19,14-6-2-1-3-7-14)21-15-10-12-16(13-11-15)22(24)25/h1-13,21H/t20-/m0/s1. The fourth-order valence-electron chi connectivity index (χ4n) is 3.14. The molecule has 0 spiro atoms. The second-order valence-electron chi connectivity index (χ2n) is 5.91. The van der Waals surface area contributed by atoms with Crippen molar-refractivity contribution in [3.05, 3.63) is 106 Å². The molecule has 0 fully saturated rings. The lowest BCUT2D eigenvalue weighted by Crippen LogP contribution is -2.36. The summed E-state index contributed by atoms with van der Waals surface area (Å²) in [5, 5.41) is 14.1. The van der Waals surface area contributed by atoms with E-state index in [4.69, 9.17) is 4.74 Å². The number of non-ortho nitro benzene ring substituents is 1. The lowest BCUT2D eigenvalue weighted by molar-refractivity contribution is -0.384. The fourth-order valence-corrected chi connectivity index (χ4v) is 3.14. The molecule has 0 unspecified atom stereocenters. The summed E-state index contributed by atoms with van der Waals surface area (Å²) >= 11 is 0. The Morgan fingerprint density at radius 1 is 0.885 bits per heavy atom. The third-order valence-corrected chi connectivity index (χ3v) is 4.35. The predicted octanol–water partition coefficient (Wildman–Crippen LogP) is 4.08. The highest BCUT2D eigenvalue weighted by Crippen LogP contribution is 2.42. The van der Waals surface area contributed by atoms with Crippen LogP contribution in [0.4, 0.5) is 11.4 Å². The molecular weight excluding hydrogens is 332 g/mol. The molecule has 128 valence electrons. The number of ether oxygens (including phenoxy) is 1. The number of carbonyl (C=O) groups excluding carboxylic acids is 1. The molecular formula is C20H14N2O4. The van der Waals surface area contributed by atoms with Crippen LogP contribution in [0.3, 0.4) is 0 Å². The van der Waals surface area contributed by atoms with Crippen LogP contribution in [0, 0.1) is 10.1 Å². The van der Waals surface area contributed by atoms with E-state index in [1.807, 2.05) is 42.5 Å². The van der Waals surface area contributed by atoms with Crippen molar-refractivity contribution in [2.45, 2.75) is 5.72 Å². The first kappa shape index (κ1) is 15.8. The van der Waals surface area contributed by atoms with Gasteiger partial charge in [0.15, 0.2) is 0 Å². The number of rotatable bonds is 4. The summed E-state index contributed by atoms with van der Waals surface area (Å²) < 4.78 is 5.80. The molecule has 1 aliphatic heterocycles. The molecule has 26 heavy (non-hydrogen) atoms. The van der Waals surface area contributed by atoms with Gasteiger partial charge in [-0.25, -0.2) is 4.79 Å². The number of esters is 1. The summed E-state index contributed by atoms with van der Waals surface area (Å²) in [7, 11) is 0. The minimum atomic E-state index is -1.19. The first-order chi connectivity index (χ1) is 12.6. The number of anilines is 1. The van der Waals surface area contributed by atoms with Crippen LogP contribution in [0.25, 0.3) is 0 Å². The Balaban J connectivity index is 1.83. The number of fused-ring (bicyclic) bond motifs is 1. The minimum Gasteiger partial charge on any atom is -0.427 e. The van der Waals surface area contributed by atoms with Crippen molar-refractivity contribution in [3.63, 3.8) is 0 Å². The van der Waals surface area contributed by atoms with Crippen LogP contribution in [-0.4, -0.2) is 10.9 Å². The Bertz CT molecular complexity index is 986. The van der Waals surface area contributed by atoms with Gasteiger partial charge in [-0.05, 0) is 18.2 Å². The Morgan fingerprint density at radius 3 is 2.23 bits per heavy atom. The van der Waals surface area contributed by atoms with Gasteiger partial charge in [0.25, 0.3) is 5.69 Å². The summed E-state index contributed by atoms with van der Waals surface area (Å²) in [5.41, 5.74) is 1.36. The molecule has 0 saturated carbocycles. The molecule has 4 rings (SSSR count). The highest BCUT2D eigenvalue weighted by Gasteiger charge is 2.47. The van der Waals surface area contributed by atoms with Gasteiger partial charge in [-0.1, -0.05) is 48.5 Å². The molecule has 0 bridgehead atoms. The Morgan fingerprint density at radius 2 is 1.54 bits per heavy atom. The zero-order chi connectivity index (χ0) is 18.1. The molecule has 0 saturated heterocycles. The Hall–Kier alpha value is -3.67. The van der Waals surface area contributed by atoms with E-state index in [-0.39, 0.29) is 5.69 Å². The van der Waals surface area contributed by atoms with E-state index in [1.54, 1.807) is 24.3 Å². The summed E-state index contributed by atoms with van der Waals surface area (Å²) in [4.78, 5) is 22.8. The topological polar surface area (TPSA) is 81.5 Å². The average Bonchev–Trinajstić information content (AvgIpc) is 2.96. The number of hydrogen-bond acceptors (Lipinski definition) is 5. The highest BCUT2D eigenvalue weighted by molar-refractivity contribution is 5.96. The maximum atomic E-state index is 12.4. The van der Waals surface area contributed by atoms with Crippen molar-refractivity contribution in [1.82, 2.24) is 0 Å². The largest absolute Gasteiger partial charge is 0.427 e. The normalized spacial score (nSPS) is 18.1. The first-order valence-electron chi connectivity index (χ1n) is 8.01. The van der Waals surface area contributed by atoms with E-state index in [0.717, 1.165) is 5.56 Å². The van der Waals surface area contributed by atoms with Gasteiger partial charge in [-0.2, -0.15) is 0 Å². The first-order valence-corrected chi connectivity index (χ1v) is 8.01. The predicted molar refractivity (Wildman–Crippen MR) is 95.8 cm³/mol. The van der Waals surface area contributed by atoms with Gasteiger partial charge in [0.1, 0.15) is 0 Å². The maximum absolute atomic E-state index is 12.4. The summed E-state index contributed by atoms with van der Waals surface area (Å²) in [6.07, 6.45) is 0. The Labute approximate surface area is 149 Å². The minimum absolute atomic E-state index is 0.00636. The van der Waals surface area contributed by atoms with Crippen molar-refractivity contribution in [2.24, 2.45) is 0 Å². The number of benzene rings is 3. The quantitative estimate of drug-likeness (QED) is 0.437. The van der Waals surface area contributed by atoms with Crippen molar-refractivity contribution >= 4 is 17.3 Å². The molecule has 0 aliphatic carbocycles. The third kappa shape index (κ3) is 2.48. The molecule has 0 aromatic heterocycles. The summed E-state index contributed by atoms with van der Waals surface area (Å²) in [5.74, 6) is -0.418. The zero-order valence-electron chi connectivity index (χ0n) is 13.6. The highest BCUT2D eigenvalue weighted by atomic mass is 16.6. The molecule has 0 amide bonds.